The van der Waals surface area contributed by atoms with Crippen molar-refractivity contribution in [3.8, 4) is 6.07 Å². The van der Waals surface area contributed by atoms with Crippen molar-refractivity contribution in [2.75, 3.05) is 18.0 Å². The van der Waals surface area contributed by atoms with Crippen LogP contribution in [0.25, 0.3) is 0 Å². The van der Waals surface area contributed by atoms with Gasteiger partial charge in [-0.2, -0.15) is 5.26 Å². The molecule has 0 radical (unpaired) electrons. The summed E-state index contributed by atoms with van der Waals surface area (Å²) in [7, 11) is 0. The van der Waals surface area contributed by atoms with Crippen molar-refractivity contribution < 1.29 is 4.74 Å². The Balaban J connectivity index is 1.75. The second-order valence-corrected chi connectivity index (χ2v) is 5.24. The molecule has 0 N–H and O–H groups in total. The number of pyridine rings is 1. The van der Waals surface area contributed by atoms with Crippen LogP contribution in [0.2, 0.25) is 0 Å². The first-order valence-electron chi connectivity index (χ1n) is 6.53. The molecule has 0 amide bonds. The van der Waals surface area contributed by atoms with Crippen molar-refractivity contribution in [3.05, 3.63) is 24.0 Å². The fraction of sp³-hybridized carbons (Fsp3) is 0.571. The molecule has 2 heterocycles. The highest BCUT2D eigenvalue weighted by molar-refractivity contribution is 5.46. The van der Waals surface area contributed by atoms with Crippen LogP contribution in [0.1, 0.15) is 25.5 Å². The quantitative estimate of drug-likeness (QED) is 0.796. The molecule has 1 saturated heterocycles. The fourth-order valence-corrected chi connectivity index (χ4v) is 2.56. The lowest BCUT2D eigenvalue weighted by molar-refractivity contribution is -0.0271. The molecule has 0 unspecified atom stereocenters. The molecule has 1 saturated carbocycles. The summed E-state index contributed by atoms with van der Waals surface area (Å²) in [4.78, 5) is 6.46. The number of nitriles is 1. The number of hydrogen-bond donors (Lipinski definition) is 0. The van der Waals surface area contributed by atoms with E-state index in [2.05, 4.69) is 16.8 Å². The van der Waals surface area contributed by atoms with E-state index in [0.29, 0.717) is 11.8 Å². The molecule has 4 nitrogen and oxygen atoms in total. The smallest absolute Gasteiger partial charge is 0.140 e. The molecule has 1 aliphatic heterocycles. The average Bonchev–Trinajstić information content (AvgIpc) is 3.22. The Hall–Kier alpha value is -1.60. The van der Waals surface area contributed by atoms with Crippen LogP contribution in [0.15, 0.2) is 18.3 Å². The molecule has 2 aliphatic rings. The SMILES string of the molecule is C[C@@H]1CN(c2ccc(C#N)nc2)C[C@@H](C2CC2)O1. The van der Waals surface area contributed by atoms with Gasteiger partial charge in [0, 0.05) is 13.1 Å². The minimum Gasteiger partial charge on any atom is -0.371 e. The fourth-order valence-electron chi connectivity index (χ4n) is 2.56. The zero-order valence-corrected chi connectivity index (χ0v) is 10.5. The summed E-state index contributed by atoms with van der Waals surface area (Å²) in [6.07, 6.45) is 5.03. The zero-order chi connectivity index (χ0) is 12.5. The first-order valence-corrected chi connectivity index (χ1v) is 6.53. The van der Waals surface area contributed by atoms with Crippen LogP contribution >= 0.6 is 0 Å². The number of hydrogen-bond acceptors (Lipinski definition) is 4. The van der Waals surface area contributed by atoms with Gasteiger partial charge in [-0.15, -0.1) is 0 Å². The molecular formula is C14H17N3O. The van der Waals surface area contributed by atoms with E-state index in [1.807, 2.05) is 12.1 Å². The summed E-state index contributed by atoms with van der Waals surface area (Å²) in [6, 6.07) is 5.81. The maximum absolute atomic E-state index is 8.76. The van der Waals surface area contributed by atoms with Crippen molar-refractivity contribution in [1.29, 1.82) is 5.26 Å². The third-order valence-electron chi connectivity index (χ3n) is 3.66. The van der Waals surface area contributed by atoms with Crippen molar-refractivity contribution in [1.82, 2.24) is 4.98 Å². The third kappa shape index (κ3) is 2.32. The Morgan fingerprint density at radius 1 is 1.39 bits per heavy atom. The molecule has 3 rings (SSSR count). The van der Waals surface area contributed by atoms with Crippen LogP contribution < -0.4 is 4.90 Å². The van der Waals surface area contributed by atoms with E-state index in [-0.39, 0.29) is 6.10 Å². The summed E-state index contributed by atoms with van der Waals surface area (Å²) in [6.45, 7) is 3.97. The highest BCUT2D eigenvalue weighted by Crippen LogP contribution is 2.37. The Morgan fingerprint density at radius 3 is 2.83 bits per heavy atom. The summed E-state index contributed by atoms with van der Waals surface area (Å²) in [5.41, 5.74) is 1.56. The standard InChI is InChI=1S/C14H17N3O/c1-10-8-17(9-14(18-10)11-2-3-11)13-5-4-12(6-15)16-7-13/h4-5,7,10-11,14H,2-3,8-9H2,1H3/t10-,14+/m1/s1. The summed E-state index contributed by atoms with van der Waals surface area (Å²) in [5.74, 6) is 0.751. The van der Waals surface area contributed by atoms with Gasteiger partial charge in [0.05, 0.1) is 24.1 Å². The zero-order valence-electron chi connectivity index (χ0n) is 10.5. The number of rotatable bonds is 2. The molecule has 1 aromatic rings. The van der Waals surface area contributed by atoms with E-state index in [9.17, 15) is 0 Å². The highest BCUT2D eigenvalue weighted by atomic mass is 16.5. The molecule has 1 aromatic heterocycles. The van der Waals surface area contributed by atoms with E-state index in [1.54, 1.807) is 12.3 Å². The van der Waals surface area contributed by atoms with Crippen molar-refractivity contribution in [2.24, 2.45) is 5.92 Å². The molecule has 1 aliphatic carbocycles. The van der Waals surface area contributed by atoms with Gasteiger partial charge in [-0.25, -0.2) is 4.98 Å². The Labute approximate surface area is 107 Å². The first-order chi connectivity index (χ1) is 8.76. The van der Waals surface area contributed by atoms with Gasteiger partial charge in [0.2, 0.25) is 0 Å². The van der Waals surface area contributed by atoms with E-state index in [1.165, 1.54) is 12.8 Å². The normalized spacial score (nSPS) is 27.9. The largest absolute Gasteiger partial charge is 0.371 e. The van der Waals surface area contributed by atoms with Crippen LogP contribution in [0.3, 0.4) is 0 Å². The van der Waals surface area contributed by atoms with Gasteiger partial charge in [0.25, 0.3) is 0 Å². The molecule has 0 bridgehead atoms. The monoisotopic (exact) mass is 243 g/mol. The molecule has 0 spiro atoms. The van der Waals surface area contributed by atoms with Gasteiger partial charge in [-0.05, 0) is 37.8 Å². The predicted octanol–water partition coefficient (Wildman–Crippen LogP) is 1.96. The van der Waals surface area contributed by atoms with Crippen LogP contribution in [-0.4, -0.2) is 30.3 Å². The van der Waals surface area contributed by atoms with E-state index in [4.69, 9.17) is 10.00 Å². The third-order valence-corrected chi connectivity index (χ3v) is 3.66. The van der Waals surface area contributed by atoms with Gasteiger partial charge in [0.1, 0.15) is 11.8 Å². The molecule has 94 valence electrons. The topological polar surface area (TPSA) is 49.2 Å². The van der Waals surface area contributed by atoms with Crippen LogP contribution in [-0.2, 0) is 4.74 Å². The van der Waals surface area contributed by atoms with Gasteiger partial charge in [-0.3, -0.25) is 0 Å². The van der Waals surface area contributed by atoms with Crippen molar-refractivity contribution in [2.45, 2.75) is 32.0 Å². The Morgan fingerprint density at radius 2 is 2.22 bits per heavy atom. The van der Waals surface area contributed by atoms with E-state index < -0.39 is 0 Å². The lowest BCUT2D eigenvalue weighted by Crippen LogP contribution is -2.47. The Bertz CT molecular complexity index is 461. The average molecular weight is 243 g/mol. The van der Waals surface area contributed by atoms with E-state index >= 15 is 0 Å². The maximum atomic E-state index is 8.76. The molecule has 2 fully saturated rings. The van der Waals surface area contributed by atoms with Gasteiger partial charge >= 0.3 is 0 Å². The van der Waals surface area contributed by atoms with Gasteiger partial charge < -0.3 is 9.64 Å². The molecule has 0 aromatic carbocycles. The maximum Gasteiger partial charge on any atom is 0.140 e. The van der Waals surface area contributed by atoms with E-state index in [0.717, 1.165) is 24.7 Å². The minimum atomic E-state index is 0.264. The lowest BCUT2D eigenvalue weighted by atomic mass is 10.1. The first kappa shape index (κ1) is 11.5. The summed E-state index contributed by atoms with van der Waals surface area (Å²) < 4.78 is 5.99. The lowest BCUT2D eigenvalue weighted by Gasteiger charge is -2.38. The van der Waals surface area contributed by atoms with Gasteiger partial charge in [0.15, 0.2) is 0 Å². The summed E-state index contributed by atoms with van der Waals surface area (Å²) in [5, 5.41) is 8.76. The van der Waals surface area contributed by atoms with Crippen molar-refractivity contribution >= 4 is 5.69 Å². The molecule has 4 heteroatoms. The Kier molecular flexibility index (Phi) is 2.92. The second kappa shape index (κ2) is 4.58. The number of morpholine rings is 1. The molecule has 18 heavy (non-hydrogen) atoms. The second-order valence-electron chi connectivity index (χ2n) is 5.24. The number of ether oxygens (including phenoxy) is 1. The van der Waals surface area contributed by atoms with Crippen LogP contribution in [0.4, 0.5) is 5.69 Å². The molecular weight excluding hydrogens is 226 g/mol. The summed E-state index contributed by atoms with van der Waals surface area (Å²) >= 11 is 0. The predicted molar refractivity (Wildman–Crippen MR) is 68.2 cm³/mol. The minimum absolute atomic E-state index is 0.264. The molecule has 2 atom stereocenters. The van der Waals surface area contributed by atoms with Crippen LogP contribution in [0, 0.1) is 17.2 Å². The van der Waals surface area contributed by atoms with Crippen molar-refractivity contribution in [3.63, 3.8) is 0 Å². The number of nitrogens with zero attached hydrogens (tertiary/aromatic N) is 3. The number of anilines is 1. The van der Waals surface area contributed by atoms with Gasteiger partial charge in [-0.1, -0.05) is 0 Å². The number of aromatic nitrogens is 1. The van der Waals surface area contributed by atoms with Crippen LogP contribution in [0.5, 0.6) is 0 Å². The highest BCUT2D eigenvalue weighted by Gasteiger charge is 2.37.